The standard InChI is InChI=1S/C20H23NO6S/c1-11-7-14(22)19(20(23)27-11)13-9-18(28-6-5-21-13)12-8-16(25-3)17(26-4)10-15(12)24-2/h7-8,10,18,22H,5-6,9H2,1-4H3. The van der Waals surface area contributed by atoms with Crippen molar-refractivity contribution in [2.75, 3.05) is 33.6 Å². The van der Waals surface area contributed by atoms with Crippen molar-refractivity contribution in [2.24, 2.45) is 4.99 Å². The predicted octanol–water partition coefficient (Wildman–Crippen LogP) is 3.35. The Morgan fingerprint density at radius 3 is 2.43 bits per heavy atom. The van der Waals surface area contributed by atoms with Gasteiger partial charge in [0.25, 0.3) is 0 Å². The SMILES string of the molecule is COc1cc(OC)c(C2CC(c3c(O)cc(C)oc3=O)=NCCS2)cc1OC. The van der Waals surface area contributed by atoms with Crippen molar-refractivity contribution in [3.05, 3.63) is 45.5 Å². The second-order valence-electron chi connectivity index (χ2n) is 6.25. The smallest absolute Gasteiger partial charge is 0.348 e. The summed E-state index contributed by atoms with van der Waals surface area (Å²) in [6.07, 6.45) is 0.442. The molecule has 1 aromatic heterocycles. The van der Waals surface area contributed by atoms with Crippen LogP contribution in [0.15, 0.2) is 32.4 Å². The molecule has 1 aliphatic rings. The number of hydrogen-bond acceptors (Lipinski definition) is 8. The van der Waals surface area contributed by atoms with Gasteiger partial charge >= 0.3 is 5.63 Å². The summed E-state index contributed by atoms with van der Waals surface area (Å²) in [6.45, 7) is 2.16. The van der Waals surface area contributed by atoms with Gasteiger partial charge in [0.1, 0.15) is 22.8 Å². The molecule has 0 saturated carbocycles. The van der Waals surface area contributed by atoms with Gasteiger partial charge < -0.3 is 23.7 Å². The molecule has 8 heteroatoms. The first-order valence-corrected chi connectivity index (χ1v) is 9.82. The lowest BCUT2D eigenvalue weighted by atomic mass is 10.0. The van der Waals surface area contributed by atoms with Gasteiger partial charge in [-0.1, -0.05) is 0 Å². The maximum atomic E-state index is 12.3. The van der Waals surface area contributed by atoms with E-state index in [0.29, 0.717) is 41.7 Å². The number of benzene rings is 1. The second-order valence-corrected chi connectivity index (χ2v) is 7.56. The Bertz CT molecular complexity index is 952. The number of methoxy groups -OCH3 is 3. The number of aliphatic imine (C=N–C) groups is 1. The van der Waals surface area contributed by atoms with Crippen LogP contribution in [0, 0.1) is 6.92 Å². The lowest BCUT2D eigenvalue weighted by Crippen LogP contribution is -2.17. The van der Waals surface area contributed by atoms with E-state index in [1.54, 1.807) is 46.1 Å². The fraction of sp³-hybridized carbons (Fsp3) is 0.400. The molecule has 28 heavy (non-hydrogen) atoms. The maximum absolute atomic E-state index is 12.3. The maximum Gasteiger partial charge on any atom is 0.348 e. The minimum absolute atomic E-state index is 0.0453. The van der Waals surface area contributed by atoms with Crippen LogP contribution in [0.4, 0.5) is 0 Å². The Balaban J connectivity index is 2.03. The molecule has 0 fully saturated rings. The zero-order chi connectivity index (χ0) is 20.3. The monoisotopic (exact) mass is 405 g/mol. The Kier molecular flexibility index (Phi) is 6.18. The lowest BCUT2D eigenvalue weighted by molar-refractivity contribution is 0.347. The number of thioether (sulfide) groups is 1. The van der Waals surface area contributed by atoms with Crippen molar-refractivity contribution in [2.45, 2.75) is 18.6 Å². The first-order valence-electron chi connectivity index (χ1n) is 8.77. The molecule has 0 amide bonds. The van der Waals surface area contributed by atoms with Crippen molar-refractivity contribution >= 4 is 17.5 Å². The zero-order valence-corrected chi connectivity index (χ0v) is 17.1. The Morgan fingerprint density at radius 1 is 1.11 bits per heavy atom. The van der Waals surface area contributed by atoms with Crippen LogP contribution < -0.4 is 19.8 Å². The van der Waals surface area contributed by atoms with Gasteiger partial charge in [-0.3, -0.25) is 4.99 Å². The van der Waals surface area contributed by atoms with E-state index in [2.05, 4.69) is 4.99 Å². The third kappa shape index (κ3) is 3.96. The molecule has 2 aromatic rings. The summed E-state index contributed by atoms with van der Waals surface area (Å²) in [4.78, 5) is 16.9. The molecule has 1 atom stereocenters. The van der Waals surface area contributed by atoms with Gasteiger partial charge in [-0.05, 0) is 13.0 Å². The van der Waals surface area contributed by atoms with E-state index in [1.165, 1.54) is 6.07 Å². The van der Waals surface area contributed by atoms with E-state index in [4.69, 9.17) is 18.6 Å². The molecule has 3 rings (SSSR count). The van der Waals surface area contributed by atoms with Gasteiger partial charge in [0.15, 0.2) is 11.5 Å². The van der Waals surface area contributed by atoms with Crippen molar-refractivity contribution < 1.29 is 23.7 Å². The molecular formula is C20H23NO6S. The molecule has 7 nitrogen and oxygen atoms in total. The fourth-order valence-electron chi connectivity index (χ4n) is 3.22. The molecule has 1 aliphatic heterocycles. The van der Waals surface area contributed by atoms with Crippen molar-refractivity contribution in [1.82, 2.24) is 0 Å². The average Bonchev–Trinajstić information content (AvgIpc) is 2.92. The molecule has 150 valence electrons. The van der Waals surface area contributed by atoms with Gasteiger partial charge in [0, 0.05) is 41.7 Å². The van der Waals surface area contributed by atoms with Crippen LogP contribution in [-0.2, 0) is 0 Å². The van der Waals surface area contributed by atoms with E-state index in [9.17, 15) is 9.90 Å². The summed E-state index contributed by atoms with van der Waals surface area (Å²) >= 11 is 1.71. The van der Waals surface area contributed by atoms with E-state index < -0.39 is 5.63 Å². The van der Waals surface area contributed by atoms with Crippen LogP contribution in [0.3, 0.4) is 0 Å². The lowest BCUT2D eigenvalue weighted by Gasteiger charge is -2.20. The quantitative estimate of drug-likeness (QED) is 0.816. The van der Waals surface area contributed by atoms with E-state index in [1.807, 2.05) is 6.07 Å². The van der Waals surface area contributed by atoms with Gasteiger partial charge in [0.2, 0.25) is 0 Å². The number of aromatic hydroxyl groups is 1. The normalized spacial score (nSPS) is 16.9. The molecule has 0 aliphatic carbocycles. The first kappa shape index (κ1) is 20.1. The van der Waals surface area contributed by atoms with E-state index in [0.717, 1.165) is 11.3 Å². The van der Waals surface area contributed by atoms with Crippen LogP contribution in [-0.4, -0.2) is 44.4 Å². The molecule has 0 spiro atoms. The van der Waals surface area contributed by atoms with Crippen LogP contribution in [0.2, 0.25) is 0 Å². The molecule has 1 N–H and O–H groups in total. The molecule has 2 heterocycles. The number of ether oxygens (including phenoxy) is 3. The van der Waals surface area contributed by atoms with E-state index >= 15 is 0 Å². The first-order chi connectivity index (χ1) is 13.5. The van der Waals surface area contributed by atoms with Gasteiger partial charge in [-0.2, -0.15) is 11.8 Å². The molecule has 0 bridgehead atoms. The van der Waals surface area contributed by atoms with Crippen LogP contribution in [0.1, 0.15) is 28.6 Å². The average molecular weight is 405 g/mol. The molecule has 1 aromatic carbocycles. The Morgan fingerprint density at radius 2 is 1.79 bits per heavy atom. The number of rotatable bonds is 5. The van der Waals surface area contributed by atoms with Gasteiger partial charge in [-0.15, -0.1) is 0 Å². The topological polar surface area (TPSA) is 90.5 Å². The van der Waals surface area contributed by atoms with Gasteiger partial charge in [-0.25, -0.2) is 4.79 Å². The second kappa shape index (κ2) is 8.60. The molecule has 0 radical (unpaired) electrons. The fourth-order valence-corrected chi connectivity index (χ4v) is 4.34. The number of hydrogen-bond donors (Lipinski definition) is 1. The molecule has 0 saturated heterocycles. The highest BCUT2D eigenvalue weighted by molar-refractivity contribution is 7.99. The highest BCUT2D eigenvalue weighted by Gasteiger charge is 2.27. The van der Waals surface area contributed by atoms with Crippen LogP contribution in [0.25, 0.3) is 0 Å². The summed E-state index contributed by atoms with van der Waals surface area (Å²) in [5.74, 6) is 2.84. The minimum Gasteiger partial charge on any atom is -0.507 e. The van der Waals surface area contributed by atoms with Crippen LogP contribution in [0.5, 0.6) is 23.0 Å². The molecular weight excluding hydrogens is 382 g/mol. The Labute approximate surface area is 167 Å². The van der Waals surface area contributed by atoms with Crippen LogP contribution >= 0.6 is 11.8 Å². The number of nitrogens with zero attached hydrogens (tertiary/aromatic N) is 1. The highest BCUT2D eigenvalue weighted by atomic mass is 32.2. The largest absolute Gasteiger partial charge is 0.507 e. The van der Waals surface area contributed by atoms with Crippen molar-refractivity contribution in [3.63, 3.8) is 0 Å². The summed E-state index contributed by atoms with van der Waals surface area (Å²) < 4.78 is 21.5. The summed E-state index contributed by atoms with van der Waals surface area (Å²) in [5, 5.41) is 10.3. The number of aryl methyl sites for hydroxylation is 1. The van der Waals surface area contributed by atoms with E-state index in [-0.39, 0.29) is 16.6 Å². The highest BCUT2D eigenvalue weighted by Crippen LogP contribution is 2.44. The molecule has 1 unspecified atom stereocenters. The Hall–Kier alpha value is -2.61. The third-order valence-electron chi connectivity index (χ3n) is 4.52. The summed E-state index contributed by atoms with van der Waals surface area (Å²) in [6, 6.07) is 5.10. The van der Waals surface area contributed by atoms with Crippen molar-refractivity contribution in [3.8, 4) is 23.0 Å². The predicted molar refractivity (Wildman–Crippen MR) is 109 cm³/mol. The third-order valence-corrected chi connectivity index (χ3v) is 5.76. The van der Waals surface area contributed by atoms with Crippen molar-refractivity contribution in [1.29, 1.82) is 0 Å². The summed E-state index contributed by atoms with van der Waals surface area (Å²) in [5.41, 5.74) is 0.979. The minimum atomic E-state index is -0.582. The summed E-state index contributed by atoms with van der Waals surface area (Å²) in [7, 11) is 4.75. The van der Waals surface area contributed by atoms with Gasteiger partial charge in [0.05, 0.1) is 27.0 Å². The zero-order valence-electron chi connectivity index (χ0n) is 16.3.